The molecular weight excluding hydrogens is 262 g/mol. The molecule has 1 aromatic rings. The van der Waals surface area contributed by atoms with Gasteiger partial charge in [-0.05, 0) is 38.5 Å². The van der Waals surface area contributed by atoms with Crippen LogP contribution in [-0.2, 0) is 6.54 Å². The lowest BCUT2D eigenvalue weighted by Crippen LogP contribution is -2.58. The maximum atomic E-state index is 4.50. The van der Waals surface area contributed by atoms with Gasteiger partial charge in [0.1, 0.15) is 12.2 Å². The zero-order valence-corrected chi connectivity index (χ0v) is 13.8. The van der Waals surface area contributed by atoms with Crippen LogP contribution in [0.5, 0.6) is 0 Å². The predicted molar refractivity (Wildman–Crippen MR) is 84.0 cm³/mol. The fourth-order valence-electron chi connectivity index (χ4n) is 3.51. The first-order chi connectivity index (χ1) is 10.1. The fraction of sp³-hybridized carbons (Fsp3) is 0.875. The molecule has 1 aliphatic carbocycles. The van der Waals surface area contributed by atoms with Gasteiger partial charge in [0.25, 0.3) is 0 Å². The van der Waals surface area contributed by atoms with E-state index in [-0.39, 0.29) is 0 Å². The average molecular weight is 291 g/mol. The fourth-order valence-corrected chi connectivity index (χ4v) is 3.51. The molecular formula is C16H29N5. The summed E-state index contributed by atoms with van der Waals surface area (Å²) in [5.41, 5.74) is 0. The highest BCUT2D eigenvalue weighted by Gasteiger charge is 2.38. The number of nitrogens with one attached hydrogen (secondary N) is 1. The number of nitrogens with zero attached hydrogens (tertiary/aromatic N) is 4. The molecule has 1 saturated heterocycles. The average Bonchev–Trinajstić information content (AvgIpc) is 3.18. The standard InChI is InChI=1S/C16H29N5/c1-11(2)15-7-17-14(13-5-6-13)8-20(15)9-16-18-10-19-21(16)12(3)4/h10-15,17H,5-9H2,1-4H3. The Morgan fingerprint density at radius 2 is 2.05 bits per heavy atom. The summed E-state index contributed by atoms with van der Waals surface area (Å²) >= 11 is 0. The Hall–Kier alpha value is -0.940. The second kappa shape index (κ2) is 6.05. The number of piperazine rings is 1. The van der Waals surface area contributed by atoms with Crippen molar-refractivity contribution < 1.29 is 0 Å². The van der Waals surface area contributed by atoms with Gasteiger partial charge in [-0.1, -0.05) is 13.8 Å². The molecule has 1 N–H and O–H groups in total. The quantitative estimate of drug-likeness (QED) is 0.902. The molecule has 2 unspecified atom stereocenters. The molecule has 118 valence electrons. The third-order valence-electron chi connectivity index (χ3n) is 4.93. The first kappa shape index (κ1) is 15.0. The molecule has 2 atom stereocenters. The first-order valence-corrected chi connectivity index (χ1v) is 8.42. The summed E-state index contributed by atoms with van der Waals surface area (Å²) in [6.45, 7) is 12.2. The van der Waals surface area contributed by atoms with Gasteiger partial charge in [0.15, 0.2) is 0 Å². The van der Waals surface area contributed by atoms with Gasteiger partial charge in [-0.2, -0.15) is 5.10 Å². The van der Waals surface area contributed by atoms with Crippen LogP contribution in [0, 0.1) is 11.8 Å². The number of hydrogen-bond acceptors (Lipinski definition) is 4. The molecule has 0 bridgehead atoms. The SMILES string of the molecule is CC(C)C1CNC(C2CC2)CN1Cc1ncnn1C(C)C. The van der Waals surface area contributed by atoms with Crippen molar-refractivity contribution in [3.05, 3.63) is 12.2 Å². The molecule has 1 saturated carbocycles. The maximum absolute atomic E-state index is 4.50. The molecule has 5 nitrogen and oxygen atoms in total. The van der Waals surface area contributed by atoms with E-state index in [9.17, 15) is 0 Å². The third kappa shape index (κ3) is 3.29. The molecule has 1 aliphatic heterocycles. The van der Waals surface area contributed by atoms with Crippen molar-refractivity contribution >= 4 is 0 Å². The van der Waals surface area contributed by atoms with Crippen LogP contribution in [0.1, 0.15) is 52.4 Å². The summed E-state index contributed by atoms with van der Waals surface area (Å²) in [5.74, 6) is 2.67. The van der Waals surface area contributed by atoms with Gasteiger partial charge in [0, 0.05) is 31.2 Å². The highest BCUT2D eigenvalue weighted by Crippen LogP contribution is 2.35. The molecule has 0 aromatic carbocycles. The van der Waals surface area contributed by atoms with Gasteiger partial charge in [-0.3, -0.25) is 4.90 Å². The summed E-state index contributed by atoms with van der Waals surface area (Å²) in [7, 11) is 0. The molecule has 2 fully saturated rings. The van der Waals surface area contributed by atoms with Gasteiger partial charge in [-0.25, -0.2) is 9.67 Å². The highest BCUT2D eigenvalue weighted by molar-refractivity contribution is 4.97. The second-order valence-electron chi connectivity index (χ2n) is 7.31. The van der Waals surface area contributed by atoms with Crippen molar-refractivity contribution in [2.45, 2.75) is 65.2 Å². The minimum absolute atomic E-state index is 0.377. The van der Waals surface area contributed by atoms with E-state index in [1.807, 2.05) is 0 Å². The summed E-state index contributed by atoms with van der Waals surface area (Å²) in [4.78, 5) is 7.13. The van der Waals surface area contributed by atoms with E-state index in [0.717, 1.165) is 31.4 Å². The third-order valence-corrected chi connectivity index (χ3v) is 4.93. The Kier molecular flexibility index (Phi) is 4.31. The van der Waals surface area contributed by atoms with Crippen LogP contribution < -0.4 is 5.32 Å². The molecule has 1 aromatic heterocycles. The Morgan fingerprint density at radius 3 is 2.67 bits per heavy atom. The van der Waals surface area contributed by atoms with Crippen molar-refractivity contribution in [1.82, 2.24) is 25.0 Å². The van der Waals surface area contributed by atoms with Crippen LogP contribution in [0.25, 0.3) is 0 Å². The Balaban J connectivity index is 1.73. The van der Waals surface area contributed by atoms with Crippen molar-refractivity contribution in [3.63, 3.8) is 0 Å². The van der Waals surface area contributed by atoms with Crippen molar-refractivity contribution in [2.75, 3.05) is 13.1 Å². The minimum Gasteiger partial charge on any atom is -0.311 e. The molecule has 0 radical (unpaired) electrons. The summed E-state index contributed by atoms with van der Waals surface area (Å²) < 4.78 is 2.06. The summed E-state index contributed by atoms with van der Waals surface area (Å²) in [5, 5.41) is 8.16. The van der Waals surface area contributed by atoms with Gasteiger partial charge >= 0.3 is 0 Å². The molecule has 2 heterocycles. The normalized spacial score (nSPS) is 27.7. The summed E-state index contributed by atoms with van der Waals surface area (Å²) in [6.07, 6.45) is 4.50. The van der Waals surface area contributed by atoms with Gasteiger partial charge in [0.05, 0.1) is 6.54 Å². The van der Waals surface area contributed by atoms with Crippen LogP contribution in [0.15, 0.2) is 6.33 Å². The van der Waals surface area contributed by atoms with E-state index in [1.165, 1.54) is 12.8 Å². The maximum Gasteiger partial charge on any atom is 0.141 e. The lowest BCUT2D eigenvalue weighted by atomic mass is 9.97. The van der Waals surface area contributed by atoms with E-state index in [1.54, 1.807) is 6.33 Å². The molecule has 0 amide bonds. The predicted octanol–water partition coefficient (Wildman–Crippen LogP) is 2.07. The monoisotopic (exact) mass is 291 g/mol. The largest absolute Gasteiger partial charge is 0.311 e. The summed E-state index contributed by atoms with van der Waals surface area (Å²) in [6, 6.07) is 1.65. The minimum atomic E-state index is 0.377. The number of rotatable bonds is 5. The van der Waals surface area contributed by atoms with E-state index >= 15 is 0 Å². The van der Waals surface area contributed by atoms with Crippen molar-refractivity contribution in [3.8, 4) is 0 Å². The Bertz CT molecular complexity index is 463. The molecule has 21 heavy (non-hydrogen) atoms. The lowest BCUT2D eigenvalue weighted by molar-refractivity contribution is 0.0808. The van der Waals surface area contributed by atoms with E-state index in [4.69, 9.17) is 0 Å². The zero-order valence-electron chi connectivity index (χ0n) is 13.8. The van der Waals surface area contributed by atoms with Crippen LogP contribution in [0.2, 0.25) is 0 Å². The Morgan fingerprint density at radius 1 is 1.29 bits per heavy atom. The first-order valence-electron chi connectivity index (χ1n) is 8.42. The van der Waals surface area contributed by atoms with Gasteiger partial charge in [0.2, 0.25) is 0 Å². The molecule has 3 rings (SSSR count). The van der Waals surface area contributed by atoms with E-state index in [0.29, 0.717) is 24.0 Å². The van der Waals surface area contributed by atoms with Gasteiger partial charge in [-0.15, -0.1) is 0 Å². The van der Waals surface area contributed by atoms with Crippen LogP contribution >= 0.6 is 0 Å². The molecule has 0 spiro atoms. The highest BCUT2D eigenvalue weighted by atomic mass is 15.4. The smallest absolute Gasteiger partial charge is 0.141 e. The Labute approximate surface area is 128 Å². The molecule has 5 heteroatoms. The van der Waals surface area contributed by atoms with Crippen molar-refractivity contribution in [1.29, 1.82) is 0 Å². The van der Waals surface area contributed by atoms with Crippen LogP contribution in [-0.4, -0.2) is 44.8 Å². The van der Waals surface area contributed by atoms with E-state index < -0.39 is 0 Å². The zero-order chi connectivity index (χ0) is 15.0. The molecule has 2 aliphatic rings. The number of hydrogen-bond donors (Lipinski definition) is 1. The van der Waals surface area contributed by atoms with Crippen molar-refractivity contribution in [2.24, 2.45) is 11.8 Å². The van der Waals surface area contributed by atoms with Crippen LogP contribution in [0.3, 0.4) is 0 Å². The van der Waals surface area contributed by atoms with Gasteiger partial charge < -0.3 is 5.32 Å². The second-order valence-corrected chi connectivity index (χ2v) is 7.31. The van der Waals surface area contributed by atoms with Crippen LogP contribution in [0.4, 0.5) is 0 Å². The number of aromatic nitrogens is 3. The van der Waals surface area contributed by atoms with E-state index in [2.05, 4.69) is 52.7 Å². The lowest BCUT2D eigenvalue weighted by Gasteiger charge is -2.42. The topological polar surface area (TPSA) is 46.0 Å².